The van der Waals surface area contributed by atoms with Crippen molar-refractivity contribution in [1.29, 1.82) is 0 Å². The van der Waals surface area contributed by atoms with E-state index in [1.54, 1.807) is 0 Å². The maximum absolute atomic E-state index is 13.4. The van der Waals surface area contributed by atoms with Gasteiger partial charge in [0.05, 0.1) is 0 Å². The molecule has 0 radical (unpaired) electrons. The highest BCUT2D eigenvalue weighted by molar-refractivity contribution is 5.85. The van der Waals surface area contributed by atoms with Crippen molar-refractivity contribution in [1.82, 2.24) is 15.5 Å². The van der Waals surface area contributed by atoms with E-state index < -0.39 is 18.8 Å². The van der Waals surface area contributed by atoms with Gasteiger partial charge in [0.1, 0.15) is 17.6 Å². The molecule has 0 spiro atoms. The zero-order valence-corrected chi connectivity index (χ0v) is 16.6. The summed E-state index contributed by atoms with van der Waals surface area (Å²) in [5.41, 5.74) is 0. The second kappa shape index (κ2) is 8.24. The predicted molar refractivity (Wildman–Crippen MR) is 101 cm³/mol. The maximum Gasteiger partial charge on any atom is 0.405 e. The van der Waals surface area contributed by atoms with Crippen LogP contribution in [-0.2, 0) is 4.79 Å². The Labute approximate surface area is 168 Å². The normalized spacial score (nSPS) is 31.0. The van der Waals surface area contributed by atoms with Crippen LogP contribution in [0.15, 0.2) is 16.5 Å². The van der Waals surface area contributed by atoms with Gasteiger partial charge >= 0.3 is 6.18 Å². The molecule has 1 saturated heterocycles. The number of halogens is 4. The Balaban J connectivity index is 0.00000225. The van der Waals surface area contributed by atoms with Gasteiger partial charge in [-0.3, -0.25) is 9.69 Å². The van der Waals surface area contributed by atoms with Gasteiger partial charge in [-0.25, -0.2) is 0 Å². The summed E-state index contributed by atoms with van der Waals surface area (Å²) in [5.74, 6) is 2.30. The van der Waals surface area contributed by atoms with E-state index in [0.717, 1.165) is 17.9 Å². The van der Waals surface area contributed by atoms with Gasteiger partial charge in [0, 0.05) is 50.5 Å². The third kappa shape index (κ3) is 4.66. The first kappa shape index (κ1) is 21.5. The lowest BCUT2D eigenvalue weighted by molar-refractivity contribution is -0.184. The number of hydrogen-bond donors (Lipinski definition) is 2. The first-order valence-electron chi connectivity index (χ1n) is 9.73. The van der Waals surface area contributed by atoms with Crippen LogP contribution in [-0.4, -0.2) is 55.7 Å². The van der Waals surface area contributed by atoms with Crippen LogP contribution in [0.2, 0.25) is 0 Å². The molecule has 2 heterocycles. The number of piperazine rings is 1. The molecule has 3 aliphatic rings. The van der Waals surface area contributed by atoms with Gasteiger partial charge in [0.2, 0.25) is 5.91 Å². The Morgan fingerprint density at radius 1 is 1.25 bits per heavy atom. The largest absolute Gasteiger partial charge is 0.465 e. The molecule has 1 aliphatic heterocycles. The van der Waals surface area contributed by atoms with Crippen LogP contribution in [0.25, 0.3) is 0 Å². The van der Waals surface area contributed by atoms with Gasteiger partial charge in [-0.1, -0.05) is 6.92 Å². The number of hydrogen-bond acceptors (Lipinski definition) is 4. The van der Waals surface area contributed by atoms with Gasteiger partial charge in [-0.2, -0.15) is 13.2 Å². The quantitative estimate of drug-likeness (QED) is 0.741. The molecule has 5 unspecified atom stereocenters. The number of alkyl halides is 3. The average molecular weight is 422 g/mol. The van der Waals surface area contributed by atoms with Crippen molar-refractivity contribution in [2.75, 3.05) is 32.7 Å². The van der Waals surface area contributed by atoms with Gasteiger partial charge < -0.3 is 15.1 Å². The summed E-state index contributed by atoms with van der Waals surface area (Å²) < 4.78 is 46.1. The monoisotopic (exact) mass is 421 g/mol. The Kier molecular flexibility index (Phi) is 6.32. The lowest BCUT2D eigenvalue weighted by atomic mass is 10.2. The standard InChI is InChI=1S/C19H26F3N3O2.ClH/c1-11-8-12(11)15-2-3-16(27-15)13-9-14(13)18(26)24-10-17(19(20,21)22)25-6-4-23-5-7-25;/h2-3,11-14,17,23H,4-10H2,1H3,(H,24,26);1H. The summed E-state index contributed by atoms with van der Waals surface area (Å²) in [4.78, 5) is 13.8. The molecule has 5 atom stereocenters. The Morgan fingerprint density at radius 3 is 2.43 bits per heavy atom. The highest BCUT2D eigenvalue weighted by Crippen LogP contribution is 2.52. The van der Waals surface area contributed by atoms with Crippen molar-refractivity contribution in [2.24, 2.45) is 11.8 Å². The molecular weight excluding hydrogens is 395 g/mol. The highest BCUT2D eigenvalue weighted by atomic mass is 35.5. The molecule has 1 amide bonds. The molecule has 3 fully saturated rings. The summed E-state index contributed by atoms with van der Waals surface area (Å²) in [5, 5.41) is 5.58. The van der Waals surface area contributed by atoms with E-state index in [2.05, 4.69) is 17.6 Å². The van der Waals surface area contributed by atoms with Crippen molar-refractivity contribution < 1.29 is 22.4 Å². The van der Waals surface area contributed by atoms with E-state index in [4.69, 9.17) is 4.42 Å². The molecule has 5 nitrogen and oxygen atoms in total. The highest BCUT2D eigenvalue weighted by Gasteiger charge is 2.48. The third-order valence-electron chi connectivity index (χ3n) is 6.05. The second-order valence-corrected chi connectivity index (χ2v) is 8.10. The fourth-order valence-corrected chi connectivity index (χ4v) is 4.06. The molecule has 2 aliphatic carbocycles. The van der Waals surface area contributed by atoms with E-state index >= 15 is 0 Å². The van der Waals surface area contributed by atoms with Crippen molar-refractivity contribution in [3.05, 3.63) is 23.7 Å². The van der Waals surface area contributed by atoms with Crippen LogP contribution in [0.1, 0.15) is 43.1 Å². The molecule has 2 saturated carbocycles. The van der Waals surface area contributed by atoms with E-state index in [0.29, 0.717) is 44.4 Å². The molecular formula is C19H27ClF3N3O2. The minimum Gasteiger partial charge on any atom is -0.465 e. The van der Waals surface area contributed by atoms with E-state index in [-0.39, 0.29) is 30.2 Å². The SMILES string of the molecule is CC1CC1c1ccc(C2CC2C(=O)NCC(N2CCNCC2)C(F)(F)F)o1.Cl. The molecule has 0 bridgehead atoms. The summed E-state index contributed by atoms with van der Waals surface area (Å²) in [6.45, 7) is 3.52. The number of nitrogens with one attached hydrogen (secondary N) is 2. The topological polar surface area (TPSA) is 57.5 Å². The zero-order valence-electron chi connectivity index (χ0n) is 15.8. The number of nitrogens with zero attached hydrogens (tertiary/aromatic N) is 1. The van der Waals surface area contributed by atoms with Gasteiger partial charge in [-0.05, 0) is 30.9 Å². The zero-order chi connectivity index (χ0) is 19.2. The molecule has 28 heavy (non-hydrogen) atoms. The maximum atomic E-state index is 13.4. The number of carbonyl (C=O) groups excluding carboxylic acids is 1. The minimum absolute atomic E-state index is 0. The van der Waals surface area contributed by atoms with Crippen LogP contribution in [0.4, 0.5) is 13.2 Å². The molecule has 1 aromatic heterocycles. The minimum atomic E-state index is -4.36. The molecule has 0 aromatic carbocycles. The van der Waals surface area contributed by atoms with Gasteiger partial charge in [0.15, 0.2) is 0 Å². The first-order chi connectivity index (χ1) is 12.8. The van der Waals surface area contributed by atoms with Crippen LogP contribution in [0.5, 0.6) is 0 Å². The Bertz CT molecular complexity index is 690. The van der Waals surface area contributed by atoms with Crippen molar-refractivity contribution in [2.45, 2.75) is 43.8 Å². The van der Waals surface area contributed by atoms with Crippen molar-refractivity contribution in [3.63, 3.8) is 0 Å². The summed E-state index contributed by atoms with van der Waals surface area (Å²) in [6.07, 6.45) is -2.58. The third-order valence-corrected chi connectivity index (χ3v) is 6.05. The van der Waals surface area contributed by atoms with Crippen LogP contribution in [0, 0.1) is 11.8 Å². The van der Waals surface area contributed by atoms with Crippen LogP contribution in [0.3, 0.4) is 0 Å². The predicted octanol–water partition coefficient (Wildman–Crippen LogP) is 2.88. The lowest BCUT2D eigenvalue weighted by Crippen LogP contribution is -2.57. The molecule has 4 rings (SSSR count). The van der Waals surface area contributed by atoms with E-state index in [1.165, 1.54) is 4.90 Å². The van der Waals surface area contributed by atoms with Crippen LogP contribution < -0.4 is 10.6 Å². The molecule has 158 valence electrons. The van der Waals surface area contributed by atoms with Crippen LogP contribution >= 0.6 is 12.4 Å². The summed E-state index contributed by atoms with van der Waals surface area (Å²) in [6, 6.07) is 2.26. The lowest BCUT2D eigenvalue weighted by Gasteiger charge is -2.35. The first-order valence-corrected chi connectivity index (χ1v) is 9.73. The number of amides is 1. The Hall–Kier alpha value is -1.25. The molecule has 2 N–H and O–H groups in total. The fraction of sp³-hybridized carbons (Fsp3) is 0.737. The summed E-state index contributed by atoms with van der Waals surface area (Å²) >= 11 is 0. The van der Waals surface area contributed by atoms with Crippen molar-refractivity contribution >= 4 is 18.3 Å². The van der Waals surface area contributed by atoms with Gasteiger partial charge in [0.25, 0.3) is 0 Å². The number of carbonyl (C=O) groups is 1. The molecule has 1 aromatic rings. The number of furan rings is 1. The fourth-order valence-electron chi connectivity index (χ4n) is 4.06. The van der Waals surface area contributed by atoms with E-state index in [1.807, 2.05) is 12.1 Å². The second-order valence-electron chi connectivity index (χ2n) is 8.10. The summed E-state index contributed by atoms with van der Waals surface area (Å²) in [7, 11) is 0. The Morgan fingerprint density at radius 2 is 1.86 bits per heavy atom. The number of rotatable bonds is 6. The smallest absolute Gasteiger partial charge is 0.405 e. The van der Waals surface area contributed by atoms with E-state index in [9.17, 15) is 18.0 Å². The van der Waals surface area contributed by atoms with Crippen molar-refractivity contribution in [3.8, 4) is 0 Å². The molecule has 9 heteroatoms. The average Bonchev–Trinajstić information content (AvgIpc) is 3.52. The van der Waals surface area contributed by atoms with Gasteiger partial charge in [-0.15, -0.1) is 12.4 Å².